The van der Waals surface area contributed by atoms with Crippen molar-refractivity contribution in [1.29, 1.82) is 0 Å². The molecule has 0 N–H and O–H groups in total. The van der Waals surface area contributed by atoms with E-state index in [0.29, 0.717) is 33.9 Å². The van der Waals surface area contributed by atoms with Crippen LogP contribution in [0.15, 0.2) is 48.6 Å². The van der Waals surface area contributed by atoms with Crippen LogP contribution in [0.4, 0.5) is 11.4 Å². The lowest BCUT2D eigenvalue weighted by Gasteiger charge is -2.22. The number of benzene rings is 2. The van der Waals surface area contributed by atoms with Crippen LogP contribution in [0.25, 0.3) is 0 Å². The van der Waals surface area contributed by atoms with Gasteiger partial charge in [-0.25, -0.2) is 4.90 Å². The van der Waals surface area contributed by atoms with Crippen LogP contribution in [-0.2, 0) is 9.59 Å². The first kappa shape index (κ1) is 19.7. The van der Waals surface area contributed by atoms with Crippen molar-refractivity contribution in [2.75, 3.05) is 9.80 Å². The number of nitrogens with zero attached hydrogens (tertiary/aromatic N) is 2. The van der Waals surface area contributed by atoms with Crippen LogP contribution in [0.3, 0.4) is 0 Å². The summed E-state index contributed by atoms with van der Waals surface area (Å²) in [5.74, 6) is -1.95. The third-order valence-electron chi connectivity index (χ3n) is 6.40. The molecule has 0 spiro atoms. The molecule has 1 saturated heterocycles. The van der Waals surface area contributed by atoms with Gasteiger partial charge in [-0.2, -0.15) is 0 Å². The number of carbonyl (C=O) groups is 4. The third-order valence-corrected chi connectivity index (χ3v) is 6.64. The maximum Gasteiger partial charge on any atom is 0.266 e. The molecule has 3 unspecified atom stereocenters. The Morgan fingerprint density at radius 1 is 0.903 bits per heavy atom. The van der Waals surface area contributed by atoms with Crippen LogP contribution >= 0.6 is 11.6 Å². The van der Waals surface area contributed by atoms with Gasteiger partial charge in [0.05, 0.1) is 34.3 Å². The van der Waals surface area contributed by atoms with Crippen molar-refractivity contribution in [2.24, 2.45) is 17.8 Å². The molecule has 0 bridgehead atoms. The Bertz CT molecular complexity index is 1220. The molecule has 156 valence electrons. The van der Waals surface area contributed by atoms with Gasteiger partial charge in [-0.05, 0) is 61.2 Å². The summed E-state index contributed by atoms with van der Waals surface area (Å²) < 4.78 is 0. The smallest absolute Gasteiger partial charge is 0.266 e. The number of aryl methyl sites for hydroxylation is 1. The summed E-state index contributed by atoms with van der Waals surface area (Å²) in [4.78, 5) is 54.1. The molecule has 0 aromatic heterocycles. The van der Waals surface area contributed by atoms with Gasteiger partial charge in [0.15, 0.2) is 0 Å². The second kappa shape index (κ2) is 6.89. The van der Waals surface area contributed by atoms with Crippen LogP contribution in [0.2, 0.25) is 5.02 Å². The largest absolute Gasteiger partial charge is 0.274 e. The van der Waals surface area contributed by atoms with Gasteiger partial charge in [0.25, 0.3) is 11.8 Å². The lowest BCUT2D eigenvalue weighted by Crippen LogP contribution is -2.32. The van der Waals surface area contributed by atoms with Gasteiger partial charge in [-0.3, -0.25) is 24.1 Å². The Kier molecular flexibility index (Phi) is 4.38. The predicted octanol–water partition coefficient (Wildman–Crippen LogP) is 4.15. The summed E-state index contributed by atoms with van der Waals surface area (Å²) in [7, 11) is 0. The number of halogens is 1. The number of hydrogen-bond acceptors (Lipinski definition) is 4. The van der Waals surface area contributed by atoms with E-state index >= 15 is 0 Å². The van der Waals surface area contributed by atoms with Gasteiger partial charge < -0.3 is 0 Å². The highest BCUT2D eigenvalue weighted by Gasteiger charge is 2.50. The number of amides is 4. The fourth-order valence-corrected chi connectivity index (χ4v) is 5.04. The van der Waals surface area contributed by atoms with Crippen molar-refractivity contribution in [2.45, 2.75) is 20.3 Å². The Morgan fingerprint density at radius 3 is 2.35 bits per heavy atom. The number of imide groups is 2. The number of hydrogen-bond donors (Lipinski definition) is 0. The van der Waals surface area contributed by atoms with E-state index < -0.39 is 11.8 Å². The summed E-state index contributed by atoms with van der Waals surface area (Å²) >= 11 is 5.99. The lowest BCUT2D eigenvalue weighted by atomic mass is 9.78. The van der Waals surface area contributed by atoms with Gasteiger partial charge in [-0.15, -0.1) is 0 Å². The second-order valence-electron chi connectivity index (χ2n) is 8.27. The van der Waals surface area contributed by atoms with E-state index in [9.17, 15) is 19.2 Å². The summed E-state index contributed by atoms with van der Waals surface area (Å²) in [5, 5.41) is 0.380. The molecule has 4 amide bonds. The van der Waals surface area contributed by atoms with Gasteiger partial charge >= 0.3 is 0 Å². The molecule has 2 aliphatic heterocycles. The lowest BCUT2D eigenvalue weighted by molar-refractivity contribution is -0.122. The molecule has 3 aliphatic rings. The van der Waals surface area contributed by atoms with Crippen molar-refractivity contribution < 1.29 is 19.2 Å². The van der Waals surface area contributed by atoms with E-state index in [2.05, 4.69) is 0 Å². The van der Waals surface area contributed by atoms with Gasteiger partial charge in [0.1, 0.15) is 0 Å². The molecule has 1 fully saturated rings. The van der Waals surface area contributed by atoms with E-state index in [0.717, 1.165) is 4.90 Å². The monoisotopic (exact) mass is 434 g/mol. The van der Waals surface area contributed by atoms with Crippen molar-refractivity contribution in [3.05, 3.63) is 70.3 Å². The zero-order valence-electron chi connectivity index (χ0n) is 17.0. The molecular formula is C24H19ClN2O4. The Labute approximate surface area is 184 Å². The average molecular weight is 435 g/mol. The van der Waals surface area contributed by atoms with Crippen molar-refractivity contribution in [3.8, 4) is 0 Å². The highest BCUT2D eigenvalue weighted by molar-refractivity contribution is 6.37. The first-order chi connectivity index (χ1) is 14.8. The number of rotatable bonds is 2. The molecule has 31 heavy (non-hydrogen) atoms. The number of allylic oxidation sites excluding steroid dienone is 2. The average Bonchev–Trinajstić information content (AvgIpc) is 3.13. The Hall–Kier alpha value is -3.25. The summed E-state index contributed by atoms with van der Waals surface area (Å²) in [6, 6.07) is 9.50. The molecule has 2 aromatic carbocycles. The van der Waals surface area contributed by atoms with Crippen molar-refractivity contribution in [3.63, 3.8) is 0 Å². The quantitative estimate of drug-likeness (QED) is 0.525. The topological polar surface area (TPSA) is 74.8 Å². The van der Waals surface area contributed by atoms with Crippen LogP contribution in [0, 0.1) is 24.7 Å². The summed E-state index contributed by atoms with van der Waals surface area (Å²) in [6.07, 6.45) is 4.51. The zero-order chi connectivity index (χ0) is 22.0. The van der Waals surface area contributed by atoms with E-state index in [4.69, 9.17) is 11.6 Å². The maximum atomic E-state index is 13.0. The molecule has 5 rings (SSSR count). The van der Waals surface area contributed by atoms with Crippen LogP contribution in [0.5, 0.6) is 0 Å². The Balaban J connectivity index is 1.49. The molecular weight excluding hydrogens is 416 g/mol. The zero-order valence-corrected chi connectivity index (χ0v) is 17.7. The molecule has 2 aromatic rings. The molecule has 7 heteroatoms. The molecule has 2 heterocycles. The minimum Gasteiger partial charge on any atom is -0.274 e. The number of anilines is 2. The maximum absolute atomic E-state index is 13.0. The molecule has 6 nitrogen and oxygen atoms in total. The van der Waals surface area contributed by atoms with E-state index in [1.807, 2.05) is 19.1 Å². The minimum atomic E-state index is -0.447. The fourth-order valence-electron chi connectivity index (χ4n) is 4.86. The van der Waals surface area contributed by atoms with Gasteiger partial charge in [0.2, 0.25) is 11.8 Å². The summed E-state index contributed by atoms with van der Waals surface area (Å²) in [5.41, 5.74) is 2.04. The van der Waals surface area contributed by atoms with Crippen molar-refractivity contribution >= 4 is 46.6 Å². The van der Waals surface area contributed by atoms with Gasteiger partial charge in [-0.1, -0.05) is 30.7 Å². The molecule has 3 atom stereocenters. The van der Waals surface area contributed by atoms with Crippen LogP contribution in [0.1, 0.15) is 39.6 Å². The van der Waals surface area contributed by atoms with Crippen molar-refractivity contribution in [1.82, 2.24) is 0 Å². The first-order valence-electron chi connectivity index (χ1n) is 10.1. The van der Waals surface area contributed by atoms with E-state index in [1.165, 1.54) is 11.0 Å². The highest BCUT2D eigenvalue weighted by atomic mass is 35.5. The van der Waals surface area contributed by atoms with E-state index in [1.54, 1.807) is 37.3 Å². The standard InChI is InChI=1S/C24H19ClN2O4/c1-12-4-3-5-17-20(12)24(31)26(22(17)29)15-7-9-19(13(2)10-15)27-21(28)16-8-6-14(25)11-18(16)23(27)30/h3-4,6-12,17,20H,5H2,1-2H3. The Morgan fingerprint density at radius 2 is 1.65 bits per heavy atom. The van der Waals surface area contributed by atoms with Gasteiger partial charge in [0, 0.05) is 5.02 Å². The highest BCUT2D eigenvalue weighted by Crippen LogP contribution is 2.41. The number of carbonyl (C=O) groups excluding carboxylic acids is 4. The fraction of sp³-hybridized carbons (Fsp3) is 0.250. The number of fused-ring (bicyclic) bond motifs is 2. The second-order valence-corrected chi connectivity index (χ2v) is 8.71. The van der Waals surface area contributed by atoms with E-state index in [-0.39, 0.29) is 35.1 Å². The third kappa shape index (κ3) is 2.78. The van der Waals surface area contributed by atoms with Crippen LogP contribution in [-0.4, -0.2) is 23.6 Å². The first-order valence-corrected chi connectivity index (χ1v) is 10.5. The molecule has 0 saturated carbocycles. The summed E-state index contributed by atoms with van der Waals surface area (Å²) in [6.45, 7) is 3.70. The molecule has 0 radical (unpaired) electrons. The molecule has 1 aliphatic carbocycles. The predicted molar refractivity (Wildman–Crippen MR) is 116 cm³/mol. The SMILES string of the molecule is Cc1cc(N2C(=O)C3CC=CC(C)C3C2=O)ccc1N1C(=O)c2ccc(Cl)cc2C1=O. The minimum absolute atomic E-state index is 0.00532. The van der Waals surface area contributed by atoms with Crippen LogP contribution < -0.4 is 9.80 Å². The normalized spacial score (nSPS) is 24.8.